The molecule has 0 radical (unpaired) electrons. The van der Waals surface area contributed by atoms with Crippen molar-refractivity contribution in [2.75, 3.05) is 27.2 Å². The van der Waals surface area contributed by atoms with Gasteiger partial charge in [0.05, 0.1) is 18.6 Å². The molecule has 11 nitrogen and oxygen atoms in total. The van der Waals surface area contributed by atoms with Crippen LogP contribution in [0.25, 0.3) is 0 Å². The number of likely N-dealkylation sites (N-methyl/N-ethyl adjacent to an activating group) is 2. The number of benzene rings is 1. The summed E-state index contributed by atoms with van der Waals surface area (Å²) in [5, 5.41) is 10.8. The highest BCUT2D eigenvalue weighted by atomic mass is 16.2. The number of amides is 4. The Morgan fingerprint density at radius 3 is 2.16 bits per heavy atom. The van der Waals surface area contributed by atoms with E-state index >= 15 is 0 Å². The first-order valence-electron chi connectivity index (χ1n) is 15.5. The summed E-state index contributed by atoms with van der Waals surface area (Å²) in [6, 6.07) is 6.53. The van der Waals surface area contributed by atoms with E-state index in [1.54, 1.807) is 56.3 Å². The molecule has 0 bridgehead atoms. The van der Waals surface area contributed by atoms with Crippen molar-refractivity contribution >= 4 is 35.2 Å². The van der Waals surface area contributed by atoms with Gasteiger partial charge in [-0.25, -0.2) is 0 Å². The second-order valence-electron chi connectivity index (χ2n) is 13.1. The van der Waals surface area contributed by atoms with Gasteiger partial charge in [0.25, 0.3) is 5.91 Å². The zero-order valence-electron chi connectivity index (χ0n) is 27.3. The molecule has 0 aromatic heterocycles. The van der Waals surface area contributed by atoms with E-state index in [-0.39, 0.29) is 35.0 Å². The summed E-state index contributed by atoms with van der Waals surface area (Å²) < 4.78 is 0. The molecule has 1 aliphatic rings. The van der Waals surface area contributed by atoms with Crippen LogP contribution >= 0.6 is 0 Å². The second-order valence-corrected chi connectivity index (χ2v) is 13.1. The first kappa shape index (κ1) is 36.6. The summed E-state index contributed by atoms with van der Waals surface area (Å²) in [5.41, 5.74) is 0.364. The lowest BCUT2D eigenvalue weighted by Crippen LogP contribution is -2.51. The predicted molar refractivity (Wildman–Crippen MR) is 168 cm³/mol. The van der Waals surface area contributed by atoms with Gasteiger partial charge in [0.2, 0.25) is 23.5 Å². The van der Waals surface area contributed by atoms with Crippen LogP contribution < -0.4 is 21.3 Å². The lowest BCUT2D eigenvalue weighted by Gasteiger charge is -2.32. The van der Waals surface area contributed by atoms with Crippen molar-refractivity contribution in [3.05, 3.63) is 35.9 Å². The maximum Gasteiger partial charge on any atom is 0.290 e. The minimum absolute atomic E-state index is 0.0140. The zero-order valence-corrected chi connectivity index (χ0v) is 27.3. The third-order valence-electron chi connectivity index (χ3n) is 8.26. The van der Waals surface area contributed by atoms with Gasteiger partial charge in [-0.2, -0.15) is 0 Å². The first-order chi connectivity index (χ1) is 20.6. The molecule has 1 aliphatic carbocycles. The fraction of sp³-hybridized carbons (Fsp3) is 0.636. The standard InChI is InChI=1S/C33H51N5O6/c1-21(13-12-18-38(7)32(44)29(34-6)33(3,4)5)30(42)36-25(19-23-14-11-15-23)28(41)31(43)35-20-26(40)37-27(22(2)39)24-16-9-8-10-17-24/h8-10,16-17,21,23,25,27,29,34H,11-15,18-20H2,1-7H3,(H,35,43)(H,36,42)(H,37,40). The minimum atomic E-state index is -1.000. The molecule has 1 fully saturated rings. The molecule has 4 N–H and O–H groups in total. The van der Waals surface area contributed by atoms with Crippen molar-refractivity contribution in [2.24, 2.45) is 17.3 Å². The van der Waals surface area contributed by atoms with Crippen molar-refractivity contribution in [2.45, 2.75) is 91.3 Å². The van der Waals surface area contributed by atoms with E-state index in [1.165, 1.54) is 6.92 Å². The molecule has 2 rings (SSSR count). The van der Waals surface area contributed by atoms with Gasteiger partial charge in [0, 0.05) is 19.5 Å². The molecule has 0 heterocycles. The molecule has 4 atom stereocenters. The average molecular weight is 614 g/mol. The number of ketones is 2. The molecule has 0 spiro atoms. The van der Waals surface area contributed by atoms with E-state index < -0.39 is 42.1 Å². The Labute approximate surface area is 261 Å². The fourth-order valence-electron chi connectivity index (χ4n) is 5.31. The van der Waals surface area contributed by atoms with Gasteiger partial charge < -0.3 is 26.2 Å². The normalized spacial score (nSPS) is 16.0. The molecule has 244 valence electrons. The number of Topliss-reactive ketones (excluding diaryl/α,β-unsaturated/α-hetero) is 2. The van der Waals surface area contributed by atoms with Gasteiger partial charge in [0.1, 0.15) is 6.04 Å². The van der Waals surface area contributed by atoms with Gasteiger partial charge in [0.15, 0.2) is 5.78 Å². The van der Waals surface area contributed by atoms with Crippen LogP contribution in [0.5, 0.6) is 0 Å². The number of nitrogens with one attached hydrogen (secondary N) is 4. The Bertz CT molecular complexity index is 1160. The van der Waals surface area contributed by atoms with E-state index in [0.29, 0.717) is 31.4 Å². The van der Waals surface area contributed by atoms with Crippen LogP contribution in [0.3, 0.4) is 0 Å². The smallest absolute Gasteiger partial charge is 0.290 e. The number of carbonyl (C=O) groups excluding carboxylic acids is 6. The van der Waals surface area contributed by atoms with Gasteiger partial charge in [-0.1, -0.05) is 77.3 Å². The van der Waals surface area contributed by atoms with Crippen molar-refractivity contribution in [1.82, 2.24) is 26.2 Å². The molecule has 1 saturated carbocycles. The molecule has 0 saturated heterocycles. The Morgan fingerprint density at radius 2 is 1.64 bits per heavy atom. The summed E-state index contributed by atoms with van der Waals surface area (Å²) in [6.07, 6.45) is 4.34. The Balaban J connectivity index is 1.91. The first-order valence-corrected chi connectivity index (χ1v) is 15.5. The molecule has 44 heavy (non-hydrogen) atoms. The summed E-state index contributed by atoms with van der Waals surface area (Å²) >= 11 is 0. The minimum Gasteiger partial charge on any atom is -0.345 e. The van der Waals surface area contributed by atoms with Crippen molar-refractivity contribution in [3.63, 3.8) is 0 Å². The Hall–Kier alpha value is -3.60. The van der Waals surface area contributed by atoms with E-state index in [0.717, 1.165) is 19.3 Å². The molecule has 4 unspecified atom stereocenters. The molecule has 0 aliphatic heterocycles. The Kier molecular flexibility index (Phi) is 14.2. The van der Waals surface area contributed by atoms with E-state index in [2.05, 4.69) is 21.3 Å². The number of hydrogen-bond acceptors (Lipinski definition) is 7. The van der Waals surface area contributed by atoms with E-state index in [4.69, 9.17) is 0 Å². The number of nitrogens with zero attached hydrogens (tertiary/aromatic N) is 1. The van der Waals surface area contributed by atoms with Crippen LogP contribution in [0, 0.1) is 17.3 Å². The lowest BCUT2D eigenvalue weighted by molar-refractivity contribution is -0.141. The van der Waals surface area contributed by atoms with Crippen LogP contribution in [0.1, 0.15) is 84.7 Å². The fourth-order valence-corrected chi connectivity index (χ4v) is 5.31. The quantitative estimate of drug-likeness (QED) is 0.197. The van der Waals surface area contributed by atoms with Crippen molar-refractivity contribution in [1.29, 1.82) is 0 Å². The van der Waals surface area contributed by atoms with E-state index in [1.807, 2.05) is 20.8 Å². The number of carbonyl (C=O) groups is 6. The highest BCUT2D eigenvalue weighted by Crippen LogP contribution is 2.31. The maximum atomic E-state index is 13.1. The third kappa shape index (κ3) is 11.2. The molecule has 4 amide bonds. The summed E-state index contributed by atoms with van der Waals surface area (Å²) in [4.78, 5) is 78.1. The predicted octanol–water partition coefficient (Wildman–Crippen LogP) is 2.30. The number of hydrogen-bond donors (Lipinski definition) is 4. The Morgan fingerprint density at radius 1 is 1.00 bits per heavy atom. The monoisotopic (exact) mass is 613 g/mol. The van der Waals surface area contributed by atoms with Crippen LogP contribution in [-0.4, -0.2) is 79.4 Å². The second kappa shape index (κ2) is 17.0. The van der Waals surface area contributed by atoms with Gasteiger partial charge in [-0.05, 0) is 50.1 Å². The van der Waals surface area contributed by atoms with Crippen molar-refractivity contribution in [3.8, 4) is 0 Å². The van der Waals surface area contributed by atoms with Crippen LogP contribution in [0.15, 0.2) is 30.3 Å². The number of rotatable bonds is 17. The summed E-state index contributed by atoms with van der Waals surface area (Å²) in [7, 11) is 3.51. The lowest BCUT2D eigenvalue weighted by atomic mass is 9.80. The molecule has 1 aromatic carbocycles. The van der Waals surface area contributed by atoms with Crippen LogP contribution in [0.4, 0.5) is 0 Å². The van der Waals surface area contributed by atoms with Gasteiger partial charge in [-0.3, -0.25) is 28.8 Å². The topological polar surface area (TPSA) is 154 Å². The maximum absolute atomic E-state index is 13.1. The SMILES string of the molecule is CNC(C(=O)N(C)CCCC(C)C(=O)NC(CC1CCC1)C(=O)C(=O)NCC(=O)NC(C(C)=O)c1ccccc1)C(C)(C)C. The van der Waals surface area contributed by atoms with Gasteiger partial charge in [-0.15, -0.1) is 0 Å². The molecular formula is C33H51N5O6. The summed E-state index contributed by atoms with van der Waals surface area (Å²) in [5.74, 6) is -3.20. The molecular weight excluding hydrogens is 562 g/mol. The third-order valence-corrected chi connectivity index (χ3v) is 8.26. The molecule has 1 aromatic rings. The molecule has 11 heteroatoms. The highest BCUT2D eigenvalue weighted by molar-refractivity contribution is 6.38. The largest absolute Gasteiger partial charge is 0.345 e. The van der Waals surface area contributed by atoms with Crippen molar-refractivity contribution < 1.29 is 28.8 Å². The zero-order chi connectivity index (χ0) is 33.0. The van der Waals surface area contributed by atoms with Crippen LogP contribution in [0.2, 0.25) is 0 Å². The highest BCUT2D eigenvalue weighted by Gasteiger charge is 2.34. The van der Waals surface area contributed by atoms with Crippen LogP contribution in [-0.2, 0) is 28.8 Å². The van der Waals surface area contributed by atoms with E-state index in [9.17, 15) is 28.8 Å². The average Bonchev–Trinajstić information content (AvgIpc) is 2.94. The van der Waals surface area contributed by atoms with Gasteiger partial charge >= 0.3 is 0 Å². The summed E-state index contributed by atoms with van der Waals surface area (Å²) in [6.45, 7) is 9.11.